The van der Waals surface area contributed by atoms with Crippen molar-refractivity contribution in [3.05, 3.63) is 22.7 Å². The third kappa shape index (κ3) is 3.73. The summed E-state index contributed by atoms with van der Waals surface area (Å²) in [5.74, 6) is -0.698. The van der Waals surface area contributed by atoms with Crippen molar-refractivity contribution >= 4 is 33.5 Å². The summed E-state index contributed by atoms with van der Waals surface area (Å²) < 4.78 is 5.98. The van der Waals surface area contributed by atoms with E-state index in [0.717, 1.165) is 4.47 Å². The van der Waals surface area contributed by atoms with Crippen molar-refractivity contribution in [1.29, 1.82) is 0 Å². The predicted molar refractivity (Wildman–Crippen MR) is 71.0 cm³/mol. The standard InChI is InChI=1S/C12H14BrNO4/c1-14(11(15)5-6-12(16)17)9-7-8(13)3-4-10(9)18-2/h3-4,7H,5-6H2,1-2H3,(H,16,17). The normalized spacial score (nSPS) is 9.94. The smallest absolute Gasteiger partial charge is 0.303 e. The topological polar surface area (TPSA) is 66.8 Å². The highest BCUT2D eigenvalue weighted by Crippen LogP contribution is 2.31. The van der Waals surface area contributed by atoms with Crippen LogP contribution in [0.5, 0.6) is 5.75 Å². The van der Waals surface area contributed by atoms with Crippen LogP contribution in [0, 0.1) is 0 Å². The summed E-state index contributed by atoms with van der Waals surface area (Å²) in [7, 11) is 3.11. The monoisotopic (exact) mass is 315 g/mol. The average molecular weight is 316 g/mol. The van der Waals surface area contributed by atoms with Crippen molar-refractivity contribution in [2.75, 3.05) is 19.1 Å². The lowest BCUT2D eigenvalue weighted by atomic mass is 10.2. The Hall–Kier alpha value is -1.56. The van der Waals surface area contributed by atoms with Gasteiger partial charge < -0.3 is 14.7 Å². The van der Waals surface area contributed by atoms with E-state index in [1.807, 2.05) is 0 Å². The van der Waals surface area contributed by atoms with Crippen LogP contribution in [0.4, 0.5) is 5.69 Å². The van der Waals surface area contributed by atoms with Gasteiger partial charge in [0, 0.05) is 17.9 Å². The molecule has 0 aliphatic rings. The quantitative estimate of drug-likeness (QED) is 0.905. The van der Waals surface area contributed by atoms with Gasteiger partial charge in [0.05, 0.1) is 19.2 Å². The second-order valence-corrected chi connectivity index (χ2v) is 4.58. The zero-order valence-electron chi connectivity index (χ0n) is 10.1. The van der Waals surface area contributed by atoms with Gasteiger partial charge in [-0.05, 0) is 18.2 Å². The minimum absolute atomic E-state index is 0.0402. The van der Waals surface area contributed by atoms with Crippen LogP contribution < -0.4 is 9.64 Å². The molecular formula is C12H14BrNO4. The van der Waals surface area contributed by atoms with Gasteiger partial charge in [0.15, 0.2) is 0 Å². The maximum absolute atomic E-state index is 11.8. The first-order valence-corrected chi connectivity index (χ1v) is 6.07. The number of rotatable bonds is 5. The molecule has 0 aromatic heterocycles. The Morgan fingerprint density at radius 3 is 2.61 bits per heavy atom. The van der Waals surface area contributed by atoms with Crippen molar-refractivity contribution in [1.82, 2.24) is 0 Å². The first-order valence-electron chi connectivity index (χ1n) is 5.27. The van der Waals surface area contributed by atoms with E-state index in [1.54, 1.807) is 25.2 Å². The lowest BCUT2D eigenvalue weighted by Gasteiger charge is -2.20. The van der Waals surface area contributed by atoms with Crippen LogP contribution in [0.2, 0.25) is 0 Å². The molecule has 5 nitrogen and oxygen atoms in total. The fraction of sp³-hybridized carbons (Fsp3) is 0.333. The predicted octanol–water partition coefficient (Wildman–Crippen LogP) is 2.29. The van der Waals surface area contributed by atoms with Gasteiger partial charge in [0.25, 0.3) is 0 Å². The minimum Gasteiger partial charge on any atom is -0.495 e. The summed E-state index contributed by atoms with van der Waals surface area (Å²) in [5, 5.41) is 8.56. The Morgan fingerprint density at radius 1 is 1.39 bits per heavy atom. The summed E-state index contributed by atoms with van der Waals surface area (Å²) in [5.41, 5.74) is 0.599. The summed E-state index contributed by atoms with van der Waals surface area (Å²) >= 11 is 3.32. The van der Waals surface area contributed by atoms with E-state index in [9.17, 15) is 9.59 Å². The SMILES string of the molecule is COc1ccc(Br)cc1N(C)C(=O)CCC(=O)O. The number of carboxylic acid groups (broad SMARTS) is 1. The van der Waals surface area contributed by atoms with Crippen molar-refractivity contribution in [3.63, 3.8) is 0 Å². The number of anilines is 1. The molecule has 1 aromatic carbocycles. The van der Waals surface area contributed by atoms with E-state index in [4.69, 9.17) is 9.84 Å². The third-order valence-corrected chi connectivity index (χ3v) is 2.92. The zero-order valence-corrected chi connectivity index (χ0v) is 11.7. The molecule has 0 spiro atoms. The number of amides is 1. The van der Waals surface area contributed by atoms with E-state index in [0.29, 0.717) is 11.4 Å². The van der Waals surface area contributed by atoms with Gasteiger partial charge in [-0.25, -0.2) is 0 Å². The van der Waals surface area contributed by atoms with Gasteiger partial charge in [-0.2, -0.15) is 0 Å². The molecule has 0 heterocycles. The van der Waals surface area contributed by atoms with E-state index in [-0.39, 0.29) is 18.7 Å². The molecule has 0 saturated heterocycles. The Morgan fingerprint density at radius 2 is 2.06 bits per heavy atom. The lowest BCUT2D eigenvalue weighted by Crippen LogP contribution is -2.27. The second kappa shape index (κ2) is 6.39. The van der Waals surface area contributed by atoms with Gasteiger partial charge in [-0.3, -0.25) is 9.59 Å². The largest absolute Gasteiger partial charge is 0.495 e. The molecule has 18 heavy (non-hydrogen) atoms. The number of carbonyl (C=O) groups excluding carboxylic acids is 1. The highest BCUT2D eigenvalue weighted by atomic mass is 79.9. The highest BCUT2D eigenvalue weighted by Gasteiger charge is 2.16. The van der Waals surface area contributed by atoms with Gasteiger partial charge in [0.1, 0.15) is 5.75 Å². The molecule has 0 saturated carbocycles. The fourth-order valence-corrected chi connectivity index (χ4v) is 1.79. The lowest BCUT2D eigenvalue weighted by molar-refractivity contribution is -0.138. The van der Waals surface area contributed by atoms with Crippen LogP contribution in [0.3, 0.4) is 0 Å². The second-order valence-electron chi connectivity index (χ2n) is 3.66. The number of ether oxygens (including phenoxy) is 1. The maximum atomic E-state index is 11.8. The number of hydrogen-bond donors (Lipinski definition) is 1. The Kier molecular flexibility index (Phi) is 5.15. The van der Waals surface area contributed by atoms with E-state index < -0.39 is 5.97 Å². The minimum atomic E-state index is -0.988. The first-order chi connectivity index (χ1) is 8.45. The number of aliphatic carboxylic acids is 1. The molecule has 0 aliphatic heterocycles. The van der Waals surface area contributed by atoms with E-state index >= 15 is 0 Å². The van der Waals surface area contributed by atoms with Gasteiger partial charge in [0.2, 0.25) is 5.91 Å². The molecule has 1 aromatic rings. The number of carboxylic acids is 1. The number of benzene rings is 1. The molecule has 0 radical (unpaired) electrons. The molecule has 0 fully saturated rings. The summed E-state index contributed by atoms with van der Waals surface area (Å²) in [4.78, 5) is 23.7. The van der Waals surface area contributed by atoms with Crippen LogP contribution in [0.15, 0.2) is 22.7 Å². The highest BCUT2D eigenvalue weighted by molar-refractivity contribution is 9.10. The van der Waals surface area contributed by atoms with Crippen molar-refractivity contribution < 1.29 is 19.4 Å². The summed E-state index contributed by atoms with van der Waals surface area (Å²) in [6, 6.07) is 5.29. The van der Waals surface area contributed by atoms with Crippen LogP contribution in [0.25, 0.3) is 0 Å². The van der Waals surface area contributed by atoms with Crippen molar-refractivity contribution in [3.8, 4) is 5.75 Å². The molecule has 1 N–H and O–H groups in total. The molecule has 1 rings (SSSR count). The zero-order chi connectivity index (χ0) is 13.7. The van der Waals surface area contributed by atoms with E-state index in [1.165, 1.54) is 12.0 Å². The Bertz CT molecular complexity index is 461. The maximum Gasteiger partial charge on any atom is 0.303 e. The molecule has 0 aliphatic carbocycles. The van der Waals surface area contributed by atoms with Gasteiger partial charge in [-0.1, -0.05) is 15.9 Å². The van der Waals surface area contributed by atoms with Gasteiger partial charge in [-0.15, -0.1) is 0 Å². The number of carbonyl (C=O) groups is 2. The van der Waals surface area contributed by atoms with Crippen molar-refractivity contribution in [2.45, 2.75) is 12.8 Å². The van der Waals surface area contributed by atoms with Crippen LogP contribution in [-0.4, -0.2) is 31.1 Å². The molecule has 0 bridgehead atoms. The van der Waals surface area contributed by atoms with Crippen LogP contribution >= 0.6 is 15.9 Å². The van der Waals surface area contributed by atoms with Crippen LogP contribution in [-0.2, 0) is 9.59 Å². The number of nitrogens with zero attached hydrogens (tertiary/aromatic N) is 1. The third-order valence-electron chi connectivity index (χ3n) is 2.43. The number of methoxy groups -OCH3 is 1. The molecule has 1 amide bonds. The molecule has 98 valence electrons. The fourth-order valence-electron chi connectivity index (χ4n) is 1.44. The first kappa shape index (κ1) is 14.5. The van der Waals surface area contributed by atoms with Crippen molar-refractivity contribution in [2.24, 2.45) is 0 Å². The molecular weight excluding hydrogens is 302 g/mol. The number of halogens is 1. The van der Waals surface area contributed by atoms with Gasteiger partial charge >= 0.3 is 5.97 Å². The van der Waals surface area contributed by atoms with E-state index in [2.05, 4.69) is 15.9 Å². The molecule has 0 unspecified atom stereocenters. The summed E-state index contributed by atoms with van der Waals surface area (Å²) in [6.07, 6.45) is -0.221. The average Bonchev–Trinajstić information content (AvgIpc) is 2.34. The molecule has 0 atom stereocenters. The van der Waals surface area contributed by atoms with Crippen LogP contribution in [0.1, 0.15) is 12.8 Å². The number of hydrogen-bond acceptors (Lipinski definition) is 3. The Labute approximate surface area is 113 Å². The Balaban J connectivity index is 2.88. The summed E-state index contributed by atoms with van der Waals surface area (Å²) in [6.45, 7) is 0. The molecule has 6 heteroatoms.